The molecule has 4 heteroatoms. The maximum Gasteiger partial charge on any atom is 0.119 e. The monoisotopic (exact) mass is 596 g/mol. The third-order valence-electron chi connectivity index (χ3n) is 8.92. The van der Waals surface area contributed by atoms with Crippen LogP contribution in [0.4, 0.5) is 0 Å². The van der Waals surface area contributed by atoms with Crippen molar-refractivity contribution in [2.45, 2.75) is 56.7 Å². The van der Waals surface area contributed by atoms with E-state index in [4.69, 9.17) is 0 Å². The van der Waals surface area contributed by atoms with E-state index >= 15 is 0 Å². The van der Waals surface area contributed by atoms with E-state index in [9.17, 15) is 10.2 Å². The molecule has 0 amide bonds. The molecule has 0 aliphatic heterocycles. The Labute approximate surface area is 267 Å². The molecule has 0 fully saturated rings. The van der Waals surface area contributed by atoms with Gasteiger partial charge in [0, 0.05) is 28.2 Å². The smallest absolute Gasteiger partial charge is 0.119 e. The van der Waals surface area contributed by atoms with Gasteiger partial charge < -0.3 is 20.2 Å². The molecule has 2 aromatic heterocycles. The molecule has 5 aromatic rings. The first kappa shape index (κ1) is 31.8. The molecule has 0 spiro atoms. The molecule has 2 unspecified atom stereocenters. The van der Waals surface area contributed by atoms with Gasteiger partial charge in [-0.15, -0.1) is 19.7 Å². The summed E-state index contributed by atoms with van der Waals surface area (Å²) in [6.45, 7) is 16.2. The van der Waals surface area contributed by atoms with Crippen LogP contribution < -0.4 is 0 Å². The third kappa shape index (κ3) is 6.88. The number of allylic oxidation sites excluding steroid dienone is 3. The number of aliphatic hydroxyl groups excluding tert-OH is 2. The fourth-order valence-corrected chi connectivity index (χ4v) is 6.36. The summed E-state index contributed by atoms with van der Waals surface area (Å²) in [6.07, 6.45) is 6.84. The number of hydrogen-bond donors (Lipinski definition) is 4. The number of aryl methyl sites for hydroxylation is 2. The number of hydrogen-bond acceptors (Lipinski definition) is 2. The minimum atomic E-state index is -0.776. The lowest BCUT2D eigenvalue weighted by molar-refractivity contribution is 0.216. The number of benzene rings is 3. The Balaban J connectivity index is 1.55. The molecule has 5 rings (SSSR count). The van der Waals surface area contributed by atoms with Crippen molar-refractivity contribution in [2.24, 2.45) is 0 Å². The standard InChI is InChI=1S/C41H44N2O2/c1-6-25-41(26-7-2,27-8-3)33-19-17-30(18-20-33)38(34-21-23-36(42-34)39(44)31-13-9-28(4)10-14-31)35-22-24-37(43-35)40(45)32-15-11-29(5)12-16-32/h6-24,38-40,42-45H,1-3,25-27H2,4-5H3. The van der Waals surface area contributed by atoms with E-state index in [-0.39, 0.29) is 11.3 Å². The topological polar surface area (TPSA) is 72.0 Å². The summed E-state index contributed by atoms with van der Waals surface area (Å²) in [5, 5.41) is 22.4. The third-order valence-corrected chi connectivity index (χ3v) is 8.92. The second kappa shape index (κ2) is 14.0. The lowest BCUT2D eigenvalue weighted by Gasteiger charge is -2.32. The molecule has 0 bridgehead atoms. The number of rotatable bonds is 14. The number of aliphatic hydroxyl groups is 2. The molecular formula is C41H44N2O2. The summed E-state index contributed by atoms with van der Waals surface area (Å²) in [5.41, 5.74) is 9.46. The van der Waals surface area contributed by atoms with Crippen LogP contribution in [-0.4, -0.2) is 20.2 Å². The number of aromatic nitrogens is 2. The van der Waals surface area contributed by atoms with E-state index in [0.29, 0.717) is 0 Å². The molecule has 4 N–H and O–H groups in total. The Morgan fingerprint density at radius 1 is 0.533 bits per heavy atom. The van der Waals surface area contributed by atoms with Crippen molar-refractivity contribution < 1.29 is 10.2 Å². The second-order valence-corrected chi connectivity index (χ2v) is 12.2. The molecule has 2 atom stereocenters. The largest absolute Gasteiger partial charge is 0.382 e. The summed E-state index contributed by atoms with van der Waals surface area (Å²) >= 11 is 0. The SMILES string of the molecule is C=CCC(CC=C)(CC=C)c1ccc(C(c2ccc(C(O)c3ccc(C)cc3)[nH]2)c2ccc(C(O)c3ccc(C)cc3)[nH]2)cc1. The van der Waals surface area contributed by atoms with E-state index in [2.05, 4.69) is 54.0 Å². The summed E-state index contributed by atoms with van der Waals surface area (Å²) in [7, 11) is 0. The van der Waals surface area contributed by atoms with Gasteiger partial charge in [0.05, 0.1) is 5.92 Å². The molecule has 45 heavy (non-hydrogen) atoms. The van der Waals surface area contributed by atoms with E-state index in [1.807, 2.05) is 105 Å². The van der Waals surface area contributed by atoms with Crippen LogP contribution in [-0.2, 0) is 5.41 Å². The summed E-state index contributed by atoms with van der Waals surface area (Å²) in [5.74, 6) is -0.190. The maximum atomic E-state index is 11.2. The molecule has 0 aliphatic rings. The fraction of sp³-hybridized carbons (Fsp3) is 0.220. The van der Waals surface area contributed by atoms with Gasteiger partial charge in [0.25, 0.3) is 0 Å². The highest BCUT2D eigenvalue weighted by Crippen LogP contribution is 2.39. The molecule has 0 aliphatic carbocycles. The van der Waals surface area contributed by atoms with E-state index in [1.54, 1.807) is 0 Å². The van der Waals surface area contributed by atoms with Crippen molar-refractivity contribution in [3.05, 3.63) is 191 Å². The first-order valence-electron chi connectivity index (χ1n) is 15.6. The average Bonchev–Trinajstić information content (AvgIpc) is 3.73. The predicted octanol–water partition coefficient (Wildman–Crippen LogP) is 9.27. The fourth-order valence-electron chi connectivity index (χ4n) is 6.36. The van der Waals surface area contributed by atoms with E-state index < -0.39 is 12.2 Å². The first-order chi connectivity index (χ1) is 21.8. The minimum absolute atomic E-state index is 0.144. The Morgan fingerprint density at radius 3 is 1.27 bits per heavy atom. The van der Waals surface area contributed by atoms with Gasteiger partial charge in [-0.1, -0.05) is 102 Å². The molecule has 4 nitrogen and oxygen atoms in total. The van der Waals surface area contributed by atoms with Crippen molar-refractivity contribution in [1.82, 2.24) is 9.97 Å². The second-order valence-electron chi connectivity index (χ2n) is 12.2. The zero-order valence-corrected chi connectivity index (χ0v) is 26.3. The summed E-state index contributed by atoms with van der Waals surface area (Å²) in [6, 6.07) is 32.6. The van der Waals surface area contributed by atoms with Gasteiger partial charge in [0.15, 0.2) is 0 Å². The van der Waals surface area contributed by atoms with Crippen molar-refractivity contribution in [1.29, 1.82) is 0 Å². The van der Waals surface area contributed by atoms with Crippen LogP contribution in [0.25, 0.3) is 0 Å². The van der Waals surface area contributed by atoms with Gasteiger partial charge in [0.1, 0.15) is 12.2 Å². The molecular weight excluding hydrogens is 552 g/mol. The van der Waals surface area contributed by atoms with Gasteiger partial charge >= 0.3 is 0 Å². The minimum Gasteiger partial charge on any atom is -0.382 e. The van der Waals surface area contributed by atoms with Crippen molar-refractivity contribution in [2.75, 3.05) is 0 Å². The number of aromatic amines is 2. The average molecular weight is 597 g/mol. The van der Waals surface area contributed by atoms with Crippen molar-refractivity contribution in [3.63, 3.8) is 0 Å². The van der Waals surface area contributed by atoms with Gasteiger partial charge in [-0.25, -0.2) is 0 Å². The summed E-state index contributed by atoms with van der Waals surface area (Å²) in [4.78, 5) is 7.07. The highest BCUT2D eigenvalue weighted by Gasteiger charge is 2.29. The van der Waals surface area contributed by atoms with E-state index in [0.717, 1.165) is 69.9 Å². The van der Waals surface area contributed by atoms with Crippen LogP contribution in [0.3, 0.4) is 0 Å². The van der Waals surface area contributed by atoms with Crippen LogP contribution in [0.2, 0.25) is 0 Å². The zero-order valence-electron chi connectivity index (χ0n) is 26.3. The van der Waals surface area contributed by atoms with Crippen LogP contribution in [0.1, 0.15) is 93.5 Å². The van der Waals surface area contributed by atoms with Crippen LogP contribution in [0.5, 0.6) is 0 Å². The maximum absolute atomic E-state index is 11.2. The predicted molar refractivity (Wildman–Crippen MR) is 186 cm³/mol. The lowest BCUT2D eigenvalue weighted by Crippen LogP contribution is -2.24. The van der Waals surface area contributed by atoms with Gasteiger partial charge in [-0.2, -0.15) is 0 Å². The number of H-pyrrole nitrogens is 2. The molecule has 3 aromatic carbocycles. The van der Waals surface area contributed by atoms with Crippen molar-refractivity contribution in [3.8, 4) is 0 Å². The zero-order chi connectivity index (χ0) is 32.0. The highest BCUT2D eigenvalue weighted by molar-refractivity contribution is 5.44. The van der Waals surface area contributed by atoms with Crippen LogP contribution >= 0.6 is 0 Å². The van der Waals surface area contributed by atoms with Crippen LogP contribution in [0.15, 0.2) is 135 Å². The van der Waals surface area contributed by atoms with Gasteiger partial charge in [-0.05, 0) is 79.6 Å². The molecule has 0 saturated heterocycles. The molecule has 0 radical (unpaired) electrons. The lowest BCUT2D eigenvalue weighted by atomic mass is 9.72. The summed E-state index contributed by atoms with van der Waals surface area (Å²) < 4.78 is 0. The Hall–Kier alpha value is -4.64. The molecule has 230 valence electrons. The quantitative estimate of drug-likeness (QED) is 0.0965. The Morgan fingerprint density at radius 2 is 0.889 bits per heavy atom. The molecule has 0 saturated carbocycles. The Bertz CT molecular complexity index is 1610. The first-order valence-corrected chi connectivity index (χ1v) is 15.6. The van der Waals surface area contributed by atoms with Crippen LogP contribution in [0, 0.1) is 13.8 Å². The van der Waals surface area contributed by atoms with E-state index in [1.165, 1.54) is 5.56 Å². The normalized spacial score (nSPS) is 13.6. The van der Waals surface area contributed by atoms with Gasteiger partial charge in [-0.3, -0.25) is 0 Å². The Kier molecular flexibility index (Phi) is 9.87. The highest BCUT2D eigenvalue weighted by atomic mass is 16.3. The number of nitrogens with one attached hydrogen (secondary N) is 2. The van der Waals surface area contributed by atoms with Crippen molar-refractivity contribution >= 4 is 0 Å². The van der Waals surface area contributed by atoms with Gasteiger partial charge in [0.2, 0.25) is 0 Å². The molecule has 2 heterocycles.